The molecule has 0 amide bonds. The first-order valence-electron chi connectivity index (χ1n) is 6.67. The van der Waals surface area contributed by atoms with Crippen molar-refractivity contribution in [3.05, 3.63) is 79.8 Å². The van der Waals surface area contributed by atoms with Crippen LogP contribution in [0.5, 0.6) is 0 Å². The van der Waals surface area contributed by atoms with Crippen LogP contribution in [0.2, 0.25) is 0 Å². The minimum atomic E-state index is -0.245. The maximum Gasteiger partial charge on any atom is 3.00 e. The summed E-state index contributed by atoms with van der Waals surface area (Å²) in [6.45, 7) is 8.57. The second-order valence-corrected chi connectivity index (χ2v) is 5.42. The Bertz CT molecular complexity index is 445. The Kier molecular flexibility index (Phi) is 18.6. The topological polar surface area (TPSA) is 16.1 Å². The van der Waals surface area contributed by atoms with Crippen molar-refractivity contribution >= 4 is 25.3 Å². The van der Waals surface area contributed by atoms with E-state index in [2.05, 4.69) is 31.0 Å². The Labute approximate surface area is 192 Å². The molecule has 2 rings (SSSR count). The number of aromatic nitrogens is 1. The molecular weight excluding hydrogens is 582 g/mol. The molecule has 2 aromatic rings. The smallest absolute Gasteiger partial charge is 0.800 e. The van der Waals surface area contributed by atoms with Gasteiger partial charge in [0.2, 0.25) is 0 Å². The molecule has 0 fully saturated rings. The van der Waals surface area contributed by atoms with Crippen molar-refractivity contribution in [2.45, 2.75) is 11.1 Å². The first-order chi connectivity index (χ1) is 10.2. The van der Waals surface area contributed by atoms with Gasteiger partial charge in [0.1, 0.15) is 0 Å². The molecule has 1 heterocycles. The Morgan fingerprint density at radius 3 is 2.13 bits per heavy atom. The van der Waals surface area contributed by atoms with Crippen molar-refractivity contribution < 1.29 is 55.1 Å². The van der Waals surface area contributed by atoms with E-state index in [0.29, 0.717) is 13.1 Å². The maximum atomic E-state index is 4.76. The zero-order chi connectivity index (χ0) is 15.5. The van der Waals surface area contributed by atoms with Gasteiger partial charge in [-0.2, -0.15) is 35.9 Å². The van der Waals surface area contributed by atoms with Gasteiger partial charge in [0.15, 0.2) is 0 Å². The van der Waals surface area contributed by atoms with Crippen LogP contribution in [0.4, 0.5) is 0 Å². The van der Waals surface area contributed by atoms with Crippen molar-refractivity contribution in [3.63, 3.8) is 0 Å². The van der Waals surface area contributed by atoms with E-state index >= 15 is 0 Å². The van der Waals surface area contributed by atoms with Gasteiger partial charge in [0.05, 0.1) is 0 Å². The van der Waals surface area contributed by atoms with Gasteiger partial charge in [-0.1, -0.05) is 6.07 Å². The molecule has 0 atom stereocenters. The van der Waals surface area contributed by atoms with Crippen molar-refractivity contribution in [1.29, 1.82) is 0 Å². The van der Waals surface area contributed by atoms with E-state index in [1.165, 1.54) is 5.56 Å². The zero-order valence-corrected chi connectivity index (χ0v) is 19.5. The van der Waals surface area contributed by atoms with E-state index in [1.54, 1.807) is 0 Å². The molecule has 0 aliphatic rings. The molecule has 1 aromatic heterocycles. The van der Waals surface area contributed by atoms with Crippen LogP contribution in [0.1, 0.15) is 11.3 Å². The second-order valence-electron chi connectivity index (χ2n) is 4.23. The van der Waals surface area contributed by atoms with E-state index in [4.69, 9.17) is 25.3 Å². The number of hydrogen-bond acceptors (Lipinski definition) is 4. The third-order valence-electron chi connectivity index (χ3n) is 2.74. The molecule has 0 aliphatic heterocycles. The maximum absolute atomic E-state index is 4.76. The minimum absolute atomic E-state index is 0. The number of rotatable bonds is 5. The number of pyridine rings is 1. The normalized spacial score (nSPS) is 9.48. The van der Waals surface area contributed by atoms with Crippen LogP contribution >= 0.6 is 0 Å². The molecule has 0 spiro atoms. The van der Waals surface area contributed by atoms with Crippen LogP contribution in [0.15, 0.2) is 48.7 Å². The van der Waals surface area contributed by atoms with Crippen LogP contribution in [-0.2, 0) is 86.8 Å². The number of benzene rings is 1. The van der Waals surface area contributed by atoms with Crippen molar-refractivity contribution in [2.75, 3.05) is 13.1 Å². The summed E-state index contributed by atoms with van der Waals surface area (Å²) in [6.07, 6.45) is 2.68. The summed E-state index contributed by atoms with van der Waals surface area (Å²) >= 11 is 9.52. The quantitative estimate of drug-likeness (QED) is 0.298. The number of nitrogens with zero attached hydrogens (tertiary/aromatic N) is 2. The fourth-order valence-electron chi connectivity index (χ4n) is 1.56. The minimum Gasteiger partial charge on any atom is -0.800 e. The van der Waals surface area contributed by atoms with E-state index in [1.807, 2.05) is 47.5 Å². The Morgan fingerprint density at radius 2 is 1.74 bits per heavy atom. The van der Waals surface area contributed by atoms with E-state index < -0.39 is 0 Å². The largest absolute Gasteiger partial charge is 3.00 e. The molecule has 125 valence electrons. The van der Waals surface area contributed by atoms with Gasteiger partial charge in [-0.3, -0.25) is 4.98 Å². The fraction of sp³-hybridized carbons (Fsp3) is 0.235. The molecule has 0 saturated heterocycles. The summed E-state index contributed by atoms with van der Waals surface area (Å²) in [7, 11) is 0. The molecule has 0 aliphatic carbocycles. The molecule has 6 heteroatoms. The fourth-order valence-corrected chi connectivity index (χ4v) is 1.98. The molecule has 1 radical (unpaired) electrons. The Hall–Kier alpha value is 0.874. The molecule has 0 saturated carbocycles. The van der Waals surface area contributed by atoms with Crippen LogP contribution in [0.3, 0.4) is 0 Å². The van der Waals surface area contributed by atoms with Crippen molar-refractivity contribution in [3.8, 4) is 0 Å². The summed E-state index contributed by atoms with van der Waals surface area (Å²) in [4.78, 5) is 6.08. The average Bonchev–Trinajstić information content (AvgIpc) is 2.51. The van der Waals surface area contributed by atoms with E-state index in [9.17, 15) is 0 Å². The van der Waals surface area contributed by atoms with Gasteiger partial charge in [-0.05, 0) is 18.6 Å². The summed E-state index contributed by atoms with van der Waals surface area (Å²) in [5.41, 5.74) is 2.27. The van der Waals surface area contributed by atoms with Gasteiger partial charge in [0.25, 0.3) is 0 Å². The van der Waals surface area contributed by atoms with Crippen LogP contribution in [-0.4, -0.2) is 27.7 Å². The van der Waals surface area contributed by atoms with Crippen LogP contribution < -0.4 is 0 Å². The Balaban J connectivity index is 0. The number of hydrogen-bond donors (Lipinski definition) is 0. The van der Waals surface area contributed by atoms with Gasteiger partial charge in [-0.15, -0.1) is 13.1 Å². The van der Waals surface area contributed by atoms with Crippen LogP contribution in [0, 0.1) is 19.9 Å². The SMILES string of the molecule is [Au+3].[CH2-]CN(C[CH2-])C([S-])[S-].[Y].[c-]1ccccc1Cc1ccccn1. The third kappa shape index (κ3) is 12.0. The summed E-state index contributed by atoms with van der Waals surface area (Å²) in [6, 6.07) is 17.1. The molecule has 23 heavy (non-hydrogen) atoms. The third-order valence-corrected chi connectivity index (χ3v) is 3.34. The van der Waals surface area contributed by atoms with Gasteiger partial charge in [-0.25, -0.2) is 4.71 Å². The summed E-state index contributed by atoms with van der Waals surface area (Å²) < 4.78 is -0.245. The predicted molar refractivity (Wildman–Crippen MR) is 93.1 cm³/mol. The van der Waals surface area contributed by atoms with Gasteiger partial charge >= 0.3 is 22.4 Å². The monoisotopic (exact) mass is 601 g/mol. The average molecular weight is 601 g/mol. The van der Waals surface area contributed by atoms with Crippen LogP contribution in [0.25, 0.3) is 0 Å². The van der Waals surface area contributed by atoms with Crippen molar-refractivity contribution in [1.82, 2.24) is 9.88 Å². The zero-order valence-electron chi connectivity index (χ0n) is 12.8. The predicted octanol–water partition coefficient (Wildman–Crippen LogP) is 2.80. The Morgan fingerprint density at radius 1 is 1.09 bits per heavy atom. The standard InChI is InChI=1S/C12H10N.C5H11NS2.Au.Y/c1-2-6-11(7-3-1)10-12-8-4-5-9-13-12;1-3-6(4-2)5(7)8;;/h1-6,8-9H,10H2;5,7-8H,1-4H2;;/q-1;-2;+3;/p-2. The van der Waals surface area contributed by atoms with Crippen molar-refractivity contribution in [2.24, 2.45) is 0 Å². The van der Waals surface area contributed by atoms with E-state index in [0.717, 1.165) is 12.1 Å². The molecule has 1 aromatic carbocycles. The molecule has 0 bridgehead atoms. The van der Waals surface area contributed by atoms with Gasteiger partial charge < -0.3 is 44.0 Å². The summed E-state index contributed by atoms with van der Waals surface area (Å²) in [5, 5.41) is 0. The summed E-state index contributed by atoms with van der Waals surface area (Å²) in [5.74, 6) is 0. The molecular formula is C17H19AuN2S2Y-2. The second kappa shape index (κ2) is 16.3. The molecule has 2 nitrogen and oxygen atoms in total. The van der Waals surface area contributed by atoms with E-state index in [-0.39, 0.29) is 59.8 Å². The molecule has 0 N–H and O–H groups in total. The first-order valence-corrected chi connectivity index (χ1v) is 7.61. The van der Waals surface area contributed by atoms with Gasteiger partial charge in [0, 0.05) is 44.6 Å². The first kappa shape index (κ1) is 26.1. The molecule has 0 unspecified atom stereocenters.